The van der Waals surface area contributed by atoms with E-state index in [0.717, 1.165) is 55.3 Å². The molecule has 1 saturated heterocycles. The molecule has 0 saturated carbocycles. The third-order valence-corrected chi connectivity index (χ3v) is 4.50. The summed E-state index contributed by atoms with van der Waals surface area (Å²) in [6.45, 7) is 9.96. The number of nitrogen functional groups attached to an aromatic ring is 1. The fourth-order valence-electron chi connectivity index (χ4n) is 3.36. The Hall–Kier alpha value is -1.59. The zero-order valence-electron chi connectivity index (χ0n) is 13.0. The van der Waals surface area contributed by atoms with Crippen molar-refractivity contribution in [1.82, 2.24) is 19.8 Å². The first-order chi connectivity index (χ1) is 10.2. The van der Waals surface area contributed by atoms with Crippen LogP contribution >= 0.6 is 0 Å². The summed E-state index contributed by atoms with van der Waals surface area (Å²) in [5, 5.41) is 0. The molecule has 0 radical (unpaired) electrons. The van der Waals surface area contributed by atoms with Gasteiger partial charge in [0.25, 0.3) is 0 Å². The van der Waals surface area contributed by atoms with Crippen molar-refractivity contribution in [1.29, 1.82) is 0 Å². The van der Waals surface area contributed by atoms with Gasteiger partial charge in [-0.15, -0.1) is 0 Å². The number of fused-ring (bicyclic) bond motifs is 1. The van der Waals surface area contributed by atoms with Crippen LogP contribution in [-0.4, -0.2) is 52.0 Å². The first-order valence-electron chi connectivity index (χ1n) is 7.90. The van der Waals surface area contributed by atoms with Crippen LogP contribution in [0.5, 0.6) is 0 Å². The van der Waals surface area contributed by atoms with Gasteiger partial charge in [0.15, 0.2) is 0 Å². The molecule has 1 aliphatic rings. The Morgan fingerprint density at radius 2 is 2.19 bits per heavy atom. The van der Waals surface area contributed by atoms with Crippen molar-refractivity contribution in [2.45, 2.75) is 32.9 Å². The molecule has 0 aliphatic carbocycles. The number of hydrogen-bond donors (Lipinski definition) is 2. The van der Waals surface area contributed by atoms with Crippen LogP contribution in [-0.2, 0) is 6.54 Å². The Bertz CT molecular complexity index is 602. The van der Waals surface area contributed by atoms with Crippen LogP contribution in [0.1, 0.15) is 26.1 Å². The molecule has 1 unspecified atom stereocenters. The number of likely N-dealkylation sites (N-methyl/N-ethyl adjacent to an activating group) is 1. The van der Waals surface area contributed by atoms with E-state index in [9.17, 15) is 0 Å². The molecule has 114 valence electrons. The van der Waals surface area contributed by atoms with E-state index >= 15 is 0 Å². The van der Waals surface area contributed by atoms with E-state index in [1.165, 1.54) is 6.42 Å². The molecule has 3 N–H and O–H groups in total. The van der Waals surface area contributed by atoms with Crippen molar-refractivity contribution in [2.24, 2.45) is 0 Å². The number of benzene rings is 1. The minimum Gasteiger partial charge on any atom is -0.399 e. The number of anilines is 1. The Morgan fingerprint density at radius 3 is 2.95 bits per heavy atom. The van der Waals surface area contributed by atoms with Gasteiger partial charge < -0.3 is 10.7 Å². The summed E-state index contributed by atoms with van der Waals surface area (Å²) in [7, 11) is 0. The fourth-order valence-corrected chi connectivity index (χ4v) is 3.36. The predicted molar refractivity (Wildman–Crippen MR) is 87.1 cm³/mol. The molecule has 2 aromatic rings. The molecule has 1 atom stereocenters. The highest BCUT2D eigenvalue weighted by Crippen LogP contribution is 2.19. The van der Waals surface area contributed by atoms with Gasteiger partial charge >= 0.3 is 0 Å². The second-order valence-corrected chi connectivity index (χ2v) is 5.86. The van der Waals surface area contributed by atoms with E-state index in [0.29, 0.717) is 6.04 Å². The van der Waals surface area contributed by atoms with Crippen molar-refractivity contribution in [2.75, 3.05) is 31.9 Å². The van der Waals surface area contributed by atoms with Gasteiger partial charge in [-0.05, 0) is 37.7 Å². The maximum absolute atomic E-state index is 5.82. The molecule has 0 bridgehead atoms. The molecule has 1 fully saturated rings. The minimum atomic E-state index is 0.694. The topological polar surface area (TPSA) is 61.2 Å². The number of rotatable bonds is 5. The number of nitrogens with one attached hydrogen (secondary N) is 1. The van der Waals surface area contributed by atoms with Gasteiger partial charge in [-0.3, -0.25) is 9.80 Å². The largest absolute Gasteiger partial charge is 0.399 e. The Balaban J connectivity index is 1.66. The summed E-state index contributed by atoms with van der Waals surface area (Å²) >= 11 is 0. The van der Waals surface area contributed by atoms with Crippen LogP contribution in [0.3, 0.4) is 0 Å². The number of aromatic amines is 1. The van der Waals surface area contributed by atoms with Crippen molar-refractivity contribution >= 4 is 16.7 Å². The van der Waals surface area contributed by atoms with Crippen LogP contribution in [0, 0.1) is 0 Å². The molecule has 0 amide bonds. The zero-order valence-corrected chi connectivity index (χ0v) is 13.0. The zero-order chi connectivity index (χ0) is 14.8. The van der Waals surface area contributed by atoms with Crippen LogP contribution in [0.15, 0.2) is 18.2 Å². The number of imidazole rings is 1. The molecular weight excluding hydrogens is 262 g/mol. The Kier molecular flexibility index (Phi) is 4.12. The summed E-state index contributed by atoms with van der Waals surface area (Å²) < 4.78 is 0. The minimum absolute atomic E-state index is 0.694. The van der Waals surface area contributed by atoms with Crippen LogP contribution < -0.4 is 5.73 Å². The molecule has 5 nitrogen and oxygen atoms in total. The third kappa shape index (κ3) is 3.04. The number of H-pyrrole nitrogens is 1. The average molecular weight is 287 g/mol. The first-order valence-corrected chi connectivity index (χ1v) is 7.90. The summed E-state index contributed by atoms with van der Waals surface area (Å²) in [5.74, 6) is 1.04. The lowest BCUT2D eigenvalue weighted by atomic mass is 10.2. The highest BCUT2D eigenvalue weighted by Gasteiger charge is 2.26. The third-order valence-electron chi connectivity index (χ3n) is 4.50. The van der Waals surface area contributed by atoms with Gasteiger partial charge in [-0.25, -0.2) is 4.98 Å². The van der Waals surface area contributed by atoms with E-state index in [1.54, 1.807) is 0 Å². The standard InChI is InChI=1S/C16H25N5/c1-3-21(4-2)13-7-8-20(10-13)11-16-18-14-6-5-12(17)9-15(14)19-16/h5-6,9,13H,3-4,7-8,10-11,17H2,1-2H3,(H,18,19). The maximum Gasteiger partial charge on any atom is 0.121 e. The summed E-state index contributed by atoms with van der Waals surface area (Å²) in [6, 6.07) is 6.53. The summed E-state index contributed by atoms with van der Waals surface area (Å²) in [5.41, 5.74) is 8.62. The summed E-state index contributed by atoms with van der Waals surface area (Å²) in [6.07, 6.45) is 1.26. The van der Waals surface area contributed by atoms with Crippen molar-refractivity contribution in [3.05, 3.63) is 24.0 Å². The number of nitrogens with zero attached hydrogens (tertiary/aromatic N) is 3. The molecule has 1 aliphatic heterocycles. The Morgan fingerprint density at radius 1 is 1.38 bits per heavy atom. The Labute approximate surface area is 126 Å². The van der Waals surface area contributed by atoms with E-state index in [2.05, 4.69) is 33.6 Å². The monoisotopic (exact) mass is 287 g/mol. The molecule has 21 heavy (non-hydrogen) atoms. The van der Waals surface area contributed by atoms with Gasteiger partial charge in [0.05, 0.1) is 17.6 Å². The number of hydrogen-bond acceptors (Lipinski definition) is 4. The normalized spacial score (nSPS) is 19.9. The van der Waals surface area contributed by atoms with Gasteiger partial charge in [0.1, 0.15) is 5.82 Å². The van der Waals surface area contributed by atoms with Crippen LogP contribution in [0.4, 0.5) is 5.69 Å². The molecule has 2 heterocycles. The molecule has 3 rings (SSSR count). The smallest absolute Gasteiger partial charge is 0.121 e. The second kappa shape index (κ2) is 6.03. The highest BCUT2D eigenvalue weighted by atomic mass is 15.3. The molecular formula is C16H25N5. The molecule has 0 spiro atoms. The summed E-state index contributed by atoms with van der Waals surface area (Å²) in [4.78, 5) is 13.1. The van der Waals surface area contributed by atoms with Gasteiger partial charge in [0.2, 0.25) is 0 Å². The number of likely N-dealkylation sites (tertiary alicyclic amines) is 1. The molecule has 1 aromatic heterocycles. The van der Waals surface area contributed by atoms with Crippen molar-refractivity contribution in [3.8, 4) is 0 Å². The molecule has 1 aromatic carbocycles. The number of nitrogens with two attached hydrogens (primary N) is 1. The van der Waals surface area contributed by atoms with Crippen LogP contribution in [0.2, 0.25) is 0 Å². The maximum atomic E-state index is 5.82. The van der Waals surface area contributed by atoms with E-state index in [4.69, 9.17) is 5.73 Å². The van der Waals surface area contributed by atoms with Crippen LogP contribution in [0.25, 0.3) is 11.0 Å². The lowest BCUT2D eigenvalue weighted by molar-refractivity contribution is 0.208. The lowest BCUT2D eigenvalue weighted by Gasteiger charge is -2.26. The van der Waals surface area contributed by atoms with Crippen molar-refractivity contribution < 1.29 is 0 Å². The van der Waals surface area contributed by atoms with E-state index < -0.39 is 0 Å². The van der Waals surface area contributed by atoms with E-state index in [-0.39, 0.29) is 0 Å². The molecule has 5 heteroatoms. The van der Waals surface area contributed by atoms with Gasteiger partial charge in [-0.1, -0.05) is 13.8 Å². The van der Waals surface area contributed by atoms with E-state index in [1.807, 2.05) is 18.2 Å². The van der Waals surface area contributed by atoms with Crippen molar-refractivity contribution in [3.63, 3.8) is 0 Å². The second-order valence-electron chi connectivity index (χ2n) is 5.86. The fraction of sp³-hybridized carbons (Fsp3) is 0.562. The van der Waals surface area contributed by atoms with Gasteiger partial charge in [0, 0.05) is 24.8 Å². The predicted octanol–water partition coefficient (Wildman–Crippen LogP) is 2.06. The highest BCUT2D eigenvalue weighted by molar-refractivity contribution is 5.78. The lowest BCUT2D eigenvalue weighted by Crippen LogP contribution is -2.37. The average Bonchev–Trinajstić information content (AvgIpc) is 3.07. The van der Waals surface area contributed by atoms with Gasteiger partial charge in [-0.2, -0.15) is 0 Å². The SMILES string of the molecule is CCN(CC)C1CCN(Cc2nc3ccc(N)cc3[nH]2)C1. The quantitative estimate of drug-likeness (QED) is 0.826. The first kappa shape index (κ1) is 14.4. The number of aromatic nitrogens is 2.